The van der Waals surface area contributed by atoms with Crippen LogP contribution in [0.5, 0.6) is 0 Å². The van der Waals surface area contributed by atoms with Gasteiger partial charge in [0.2, 0.25) is 0 Å². The molecule has 4 nitrogen and oxygen atoms in total. The Bertz CT molecular complexity index is 656. The number of benzene rings is 1. The van der Waals surface area contributed by atoms with Gasteiger partial charge in [0, 0.05) is 22.6 Å². The van der Waals surface area contributed by atoms with Crippen LogP contribution in [-0.2, 0) is 4.74 Å². The predicted octanol–water partition coefficient (Wildman–Crippen LogP) is 3.91. The second-order valence-corrected chi connectivity index (χ2v) is 5.29. The van der Waals surface area contributed by atoms with Crippen molar-refractivity contribution in [3.8, 4) is 0 Å². The van der Waals surface area contributed by atoms with Crippen LogP contribution in [0.25, 0.3) is 10.9 Å². The molecule has 0 saturated carbocycles. The molecule has 0 unspecified atom stereocenters. The van der Waals surface area contributed by atoms with Crippen LogP contribution in [0.2, 0.25) is 0 Å². The number of ether oxygens (including phenoxy) is 1. The molecule has 5 heteroatoms. The standard InChI is InChI=1S/C15H17BrN2O2/c1-4-17-13-10-6-9(3)7-12(16)14(10)18-8-11(13)15(19)20-5-2/h6-8H,4-5H2,1-3H3,(H,17,18). The lowest BCUT2D eigenvalue weighted by Crippen LogP contribution is -2.11. The van der Waals surface area contributed by atoms with Gasteiger partial charge in [0.05, 0.1) is 17.8 Å². The first-order chi connectivity index (χ1) is 9.58. The lowest BCUT2D eigenvalue weighted by atomic mass is 10.1. The molecule has 0 saturated heterocycles. The third-order valence-electron chi connectivity index (χ3n) is 2.92. The van der Waals surface area contributed by atoms with Crippen molar-refractivity contribution in [2.45, 2.75) is 20.8 Å². The number of carbonyl (C=O) groups is 1. The molecule has 20 heavy (non-hydrogen) atoms. The Morgan fingerprint density at radius 2 is 2.15 bits per heavy atom. The van der Waals surface area contributed by atoms with Gasteiger partial charge in [-0.25, -0.2) is 4.79 Å². The zero-order valence-corrected chi connectivity index (χ0v) is 13.4. The number of halogens is 1. The number of rotatable bonds is 4. The number of hydrogen-bond donors (Lipinski definition) is 1. The summed E-state index contributed by atoms with van der Waals surface area (Å²) in [4.78, 5) is 16.4. The number of aromatic nitrogens is 1. The quantitative estimate of drug-likeness (QED) is 0.860. The van der Waals surface area contributed by atoms with Crippen LogP contribution in [0, 0.1) is 6.92 Å². The van der Waals surface area contributed by atoms with E-state index >= 15 is 0 Å². The van der Waals surface area contributed by atoms with Crippen LogP contribution >= 0.6 is 15.9 Å². The molecule has 0 spiro atoms. The molecule has 0 fully saturated rings. The van der Waals surface area contributed by atoms with Gasteiger partial charge in [-0.1, -0.05) is 0 Å². The van der Waals surface area contributed by atoms with Gasteiger partial charge in [-0.2, -0.15) is 0 Å². The molecule has 2 rings (SSSR count). The van der Waals surface area contributed by atoms with Crippen LogP contribution < -0.4 is 5.32 Å². The van der Waals surface area contributed by atoms with Crippen LogP contribution in [0.4, 0.5) is 5.69 Å². The summed E-state index contributed by atoms with van der Waals surface area (Å²) >= 11 is 3.52. The average Bonchev–Trinajstić information content (AvgIpc) is 2.39. The summed E-state index contributed by atoms with van der Waals surface area (Å²) in [5.74, 6) is -0.351. The van der Waals surface area contributed by atoms with E-state index < -0.39 is 0 Å². The van der Waals surface area contributed by atoms with Gasteiger partial charge in [0.15, 0.2) is 0 Å². The topological polar surface area (TPSA) is 51.2 Å². The minimum Gasteiger partial charge on any atom is -0.462 e. The molecule has 0 amide bonds. The molecule has 0 atom stereocenters. The van der Waals surface area contributed by atoms with Gasteiger partial charge in [-0.05, 0) is 54.4 Å². The van der Waals surface area contributed by atoms with Crippen molar-refractivity contribution in [2.75, 3.05) is 18.5 Å². The lowest BCUT2D eigenvalue weighted by molar-refractivity contribution is 0.0527. The summed E-state index contributed by atoms with van der Waals surface area (Å²) in [5.41, 5.74) is 3.19. The van der Waals surface area contributed by atoms with Gasteiger partial charge in [-0.15, -0.1) is 0 Å². The average molecular weight is 337 g/mol. The molecule has 106 valence electrons. The number of pyridine rings is 1. The summed E-state index contributed by atoms with van der Waals surface area (Å²) < 4.78 is 6.01. The molecule has 0 aliphatic carbocycles. The number of hydrogen-bond acceptors (Lipinski definition) is 4. The highest BCUT2D eigenvalue weighted by molar-refractivity contribution is 9.10. The fourth-order valence-corrected chi connectivity index (χ4v) is 2.80. The van der Waals surface area contributed by atoms with E-state index in [0.29, 0.717) is 12.2 Å². The molecular weight excluding hydrogens is 320 g/mol. The monoisotopic (exact) mass is 336 g/mol. The molecule has 1 heterocycles. The first-order valence-corrected chi connectivity index (χ1v) is 7.37. The lowest BCUT2D eigenvalue weighted by Gasteiger charge is -2.14. The van der Waals surface area contributed by atoms with E-state index in [4.69, 9.17) is 4.74 Å². The summed E-state index contributed by atoms with van der Waals surface area (Å²) in [5, 5.41) is 4.17. The Morgan fingerprint density at radius 3 is 2.80 bits per heavy atom. The van der Waals surface area contributed by atoms with E-state index in [9.17, 15) is 4.79 Å². The molecule has 1 aromatic heterocycles. The second kappa shape index (κ2) is 6.22. The second-order valence-electron chi connectivity index (χ2n) is 4.44. The van der Waals surface area contributed by atoms with Gasteiger partial charge >= 0.3 is 5.97 Å². The van der Waals surface area contributed by atoms with E-state index in [1.165, 1.54) is 0 Å². The SMILES string of the molecule is CCNc1c(C(=O)OCC)cnc2c(Br)cc(C)cc12. The van der Waals surface area contributed by atoms with Gasteiger partial charge in [-0.3, -0.25) is 4.98 Å². The first kappa shape index (κ1) is 14.8. The molecule has 0 bridgehead atoms. The van der Waals surface area contributed by atoms with Crippen molar-refractivity contribution in [3.63, 3.8) is 0 Å². The summed E-state index contributed by atoms with van der Waals surface area (Å²) in [7, 11) is 0. The van der Waals surface area contributed by atoms with Crippen molar-refractivity contribution in [1.29, 1.82) is 0 Å². The molecule has 0 aliphatic rings. The molecular formula is C15H17BrN2O2. The van der Waals surface area contributed by atoms with E-state index in [1.54, 1.807) is 13.1 Å². The fraction of sp³-hybridized carbons (Fsp3) is 0.333. The van der Waals surface area contributed by atoms with E-state index in [-0.39, 0.29) is 5.97 Å². The maximum atomic E-state index is 12.0. The number of esters is 1. The normalized spacial score (nSPS) is 10.6. The Kier molecular flexibility index (Phi) is 4.60. The number of nitrogens with zero attached hydrogens (tertiary/aromatic N) is 1. The minimum absolute atomic E-state index is 0.347. The predicted molar refractivity (Wildman–Crippen MR) is 84.3 cm³/mol. The molecule has 0 radical (unpaired) electrons. The van der Waals surface area contributed by atoms with Crippen LogP contribution in [0.1, 0.15) is 29.8 Å². The van der Waals surface area contributed by atoms with E-state index in [2.05, 4.69) is 26.2 Å². The Morgan fingerprint density at radius 1 is 1.40 bits per heavy atom. The van der Waals surface area contributed by atoms with Crippen molar-refractivity contribution >= 4 is 38.5 Å². The van der Waals surface area contributed by atoms with Crippen molar-refractivity contribution in [3.05, 3.63) is 33.9 Å². The van der Waals surface area contributed by atoms with Crippen LogP contribution in [0.3, 0.4) is 0 Å². The number of anilines is 1. The Labute approximate surface area is 126 Å². The number of fused-ring (bicyclic) bond motifs is 1. The Hall–Kier alpha value is -1.62. The van der Waals surface area contributed by atoms with Crippen LogP contribution in [-0.4, -0.2) is 24.1 Å². The number of aryl methyl sites for hydroxylation is 1. The van der Waals surface area contributed by atoms with Gasteiger partial charge in [0.25, 0.3) is 0 Å². The van der Waals surface area contributed by atoms with Crippen molar-refractivity contribution in [2.24, 2.45) is 0 Å². The zero-order chi connectivity index (χ0) is 14.7. The number of carbonyl (C=O) groups excluding carboxylic acids is 1. The smallest absolute Gasteiger partial charge is 0.341 e. The van der Waals surface area contributed by atoms with Crippen molar-refractivity contribution < 1.29 is 9.53 Å². The highest BCUT2D eigenvalue weighted by atomic mass is 79.9. The summed E-state index contributed by atoms with van der Waals surface area (Å²) in [6, 6.07) is 4.03. The zero-order valence-electron chi connectivity index (χ0n) is 11.8. The molecule has 0 aliphatic heterocycles. The third-order valence-corrected chi connectivity index (χ3v) is 3.52. The highest BCUT2D eigenvalue weighted by Crippen LogP contribution is 2.32. The van der Waals surface area contributed by atoms with Gasteiger partial charge in [0.1, 0.15) is 5.56 Å². The molecule has 1 aromatic carbocycles. The third kappa shape index (κ3) is 2.77. The van der Waals surface area contributed by atoms with Gasteiger partial charge < -0.3 is 10.1 Å². The maximum absolute atomic E-state index is 12.0. The Balaban J connectivity index is 2.71. The highest BCUT2D eigenvalue weighted by Gasteiger charge is 2.17. The maximum Gasteiger partial charge on any atom is 0.341 e. The molecule has 1 N–H and O–H groups in total. The summed E-state index contributed by atoms with van der Waals surface area (Å²) in [6.07, 6.45) is 1.57. The van der Waals surface area contributed by atoms with Crippen molar-refractivity contribution in [1.82, 2.24) is 4.98 Å². The molecule has 2 aromatic rings. The van der Waals surface area contributed by atoms with E-state index in [0.717, 1.165) is 33.2 Å². The van der Waals surface area contributed by atoms with E-state index in [1.807, 2.05) is 26.0 Å². The number of nitrogens with one attached hydrogen (secondary N) is 1. The fourth-order valence-electron chi connectivity index (χ4n) is 2.13. The largest absolute Gasteiger partial charge is 0.462 e. The van der Waals surface area contributed by atoms with Crippen LogP contribution in [0.15, 0.2) is 22.8 Å². The summed E-state index contributed by atoms with van der Waals surface area (Å²) in [6.45, 7) is 6.86. The first-order valence-electron chi connectivity index (χ1n) is 6.58. The minimum atomic E-state index is -0.351.